The standard InChI is InChI=1S/C9H12O4.C4H10N2/c1-13-9-4-6(8(12)5-10)2-3-7(9)11;1-2-6-4-3-5-1/h2-4,8,10-12H,5H2,1H3;5-6H,1-4H2. The fourth-order valence-electron chi connectivity index (χ4n) is 1.67. The number of methoxy groups -OCH3 is 1. The van der Waals surface area contributed by atoms with Crippen molar-refractivity contribution in [2.75, 3.05) is 39.9 Å². The van der Waals surface area contributed by atoms with Crippen LogP contribution in [0.15, 0.2) is 18.2 Å². The van der Waals surface area contributed by atoms with E-state index >= 15 is 0 Å². The molecule has 19 heavy (non-hydrogen) atoms. The number of piperazine rings is 1. The quantitative estimate of drug-likeness (QED) is 0.506. The number of nitrogens with two attached hydrogens (primary N) is 1. The van der Waals surface area contributed by atoms with Gasteiger partial charge in [0, 0.05) is 13.1 Å². The fraction of sp³-hybridized carbons (Fsp3) is 0.538. The SMILES string of the molecule is C1C[NH2+]CCN1.COc1cc(C(O)CO)ccc1[O-]. The molecule has 1 heterocycles. The third-order valence-electron chi connectivity index (χ3n) is 2.80. The average molecular weight is 270 g/mol. The molecule has 6 heteroatoms. The topological polar surface area (TPSA) is 101 Å². The first-order valence-electron chi connectivity index (χ1n) is 6.35. The first-order valence-corrected chi connectivity index (χ1v) is 6.35. The highest BCUT2D eigenvalue weighted by Gasteiger charge is 2.06. The number of aliphatic hydroxyl groups excluding tert-OH is 2. The Hall–Kier alpha value is -1.34. The summed E-state index contributed by atoms with van der Waals surface area (Å²) in [6.45, 7) is 4.54. The Kier molecular flexibility index (Phi) is 7.20. The van der Waals surface area contributed by atoms with Gasteiger partial charge in [0.2, 0.25) is 0 Å². The lowest BCUT2D eigenvalue weighted by molar-refractivity contribution is -0.657. The molecule has 0 spiro atoms. The van der Waals surface area contributed by atoms with Crippen molar-refractivity contribution >= 4 is 0 Å². The zero-order chi connectivity index (χ0) is 14.1. The molecule has 0 amide bonds. The number of hydrogen-bond donors (Lipinski definition) is 4. The van der Waals surface area contributed by atoms with Gasteiger partial charge in [-0.25, -0.2) is 0 Å². The van der Waals surface area contributed by atoms with Crippen molar-refractivity contribution in [3.05, 3.63) is 23.8 Å². The first-order chi connectivity index (χ1) is 9.19. The summed E-state index contributed by atoms with van der Waals surface area (Å²) in [5, 5.41) is 34.5. The molecule has 1 aromatic rings. The molecule has 0 bridgehead atoms. The summed E-state index contributed by atoms with van der Waals surface area (Å²) >= 11 is 0. The van der Waals surface area contributed by atoms with Crippen LogP contribution in [0, 0.1) is 0 Å². The van der Waals surface area contributed by atoms with Crippen LogP contribution in [0.25, 0.3) is 0 Å². The van der Waals surface area contributed by atoms with E-state index < -0.39 is 6.10 Å². The number of nitrogens with one attached hydrogen (secondary N) is 1. The smallest absolute Gasteiger partial charge is 0.111 e. The maximum absolute atomic E-state index is 11.0. The molecule has 0 saturated carbocycles. The minimum atomic E-state index is -0.963. The lowest BCUT2D eigenvalue weighted by Crippen LogP contribution is -2.89. The molecule has 1 saturated heterocycles. The minimum absolute atomic E-state index is 0.171. The summed E-state index contributed by atoms with van der Waals surface area (Å²) in [6.07, 6.45) is -0.963. The largest absolute Gasteiger partial charge is 0.870 e. The normalized spacial score (nSPS) is 16.2. The minimum Gasteiger partial charge on any atom is -0.870 e. The van der Waals surface area contributed by atoms with E-state index in [2.05, 4.69) is 10.6 Å². The molecule has 1 aliphatic heterocycles. The maximum Gasteiger partial charge on any atom is 0.111 e. The molecule has 1 fully saturated rings. The van der Waals surface area contributed by atoms with E-state index in [9.17, 15) is 10.2 Å². The van der Waals surface area contributed by atoms with Crippen molar-refractivity contribution < 1.29 is 25.4 Å². The second-order valence-corrected chi connectivity index (χ2v) is 4.22. The van der Waals surface area contributed by atoms with E-state index in [0.29, 0.717) is 5.56 Å². The Labute approximate surface area is 113 Å². The van der Waals surface area contributed by atoms with Crippen LogP contribution in [-0.2, 0) is 0 Å². The van der Waals surface area contributed by atoms with Gasteiger partial charge in [-0.2, -0.15) is 0 Å². The van der Waals surface area contributed by atoms with Gasteiger partial charge in [-0.15, -0.1) is 0 Å². The van der Waals surface area contributed by atoms with Crippen molar-refractivity contribution in [2.45, 2.75) is 6.10 Å². The van der Waals surface area contributed by atoms with E-state index in [1.807, 2.05) is 0 Å². The van der Waals surface area contributed by atoms with Crippen LogP contribution in [0.3, 0.4) is 0 Å². The fourth-order valence-corrected chi connectivity index (χ4v) is 1.67. The third kappa shape index (κ3) is 5.44. The molecule has 0 aromatic heterocycles. The molecule has 6 nitrogen and oxygen atoms in total. The zero-order valence-electron chi connectivity index (χ0n) is 11.1. The Morgan fingerprint density at radius 2 is 2.11 bits per heavy atom. The van der Waals surface area contributed by atoms with Gasteiger partial charge in [0.05, 0.1) is 26.8 Å². The van der Waals surface area contributed by atoms with Crippen LogP contribution in [0.1, 0.15) is 11.7 Å². The molecule has 1 aliphatic rings. The number of hydrogen-bond acceptors (Lipinski definition) is 5. The van der Waals surface area contributed by atoms with E-state index in [0.717, 1.165) is 0 Å². The highest BCUT2D eigenvalue weighted by Crippen LogP contribution is 2.26. The van der Waals surface area contributed by atoms with Gasteiger partial charge in [-0.1, -0.05) is 17.9 Å². The molecule has 1 atom stereocenters. The van der Waals surface area contributed by atoms with Crippen LogP contribution in [0.2, 0.25) is 0 Å². The third-order valence-corrected chi connectivity index (χ3v) is 2.80. The Morgan fingerprint density at radius 1 is 1.42 bits per heavy atom. The number of aliphatic hydroxyl groups is 2. The van der Waals surface area contributed by atoms with Crippen molar-refractivity contribution in [1.29, 1.82) is 0 Å². The van der Waals surface area contributed by atoms with Crippen molar-refractivity contribution in [1.82, 2.24) is 5.32 Å². The summed E-state index contributed by atoms with van der Waals surface area (Å²) < 4.78 is 4.78. The molecule has 108 valence electrons. The molecular weight excluding hydrogens is 248 g/mol. The van der Waals surface area contributed by atoms with Crippen LogP contribution in [0.5, 0.6) is 11.5 Å². The molecule has 5 N–H and O–H groups in total. The van der Waals surface area contributed by atoms with Crippen LogP contribution in [-0.4, -0.2) is 50.1 Å². The summed E-state index contributed by atoms with van der Waals surface area (Å²) in [4.78, 5) is 0. The number of quaternary nitrogens is 1. The van der Waals surface area contributed by atoms with Gasteiger partial charge in [0.25, 0.3) is 0 Å². The van der Waals surface area contributed by atoms with Gasteiger partial charge in [-0.05, 0) is 11.6 Å². The van der Waals surface area contributed by atoms with Gasteiger partial charge in [0.15, 0.2) is 0 Å². The second-order valence-electron chi connectivity index (χ2n) is 4.22. The monoisotopic (exact) mass is 270 g/mol. The molecule has 1 unspecified atom stereocenters. The van der Waals surface area contributed by atoms with Gasteiger partial charge in [0.1, 0.15) is 11.9 Å². The van der Waals surface area contributed by atoms with Crippen molar-refractivity contribution in [3.8, 4) is 11.5 Å². The van der Waals surface area contributed by atoms with Gasteiger partial charge >= 0.3 is 0 Å². The Morgan fingerprint density at radius 3 is 2.53 bits per heavy atom. The van der Waals surface area contributed by atoms with Crippen LogP contribution < -0.4 is 20.5 Å². The number of benzene rings is 1. The van der Waals surface area contributed by atoms with Crippen molar-refractivity contribution in [2.24, 2.45) is 0 Å². The molecule has 0 radical (unpaired) electrons. The molecule has 1 aromatic carbocycles. The molecular formula is C13H22N2O4. The van der Waals surface area contributed by atoms with Crippen LogP contribution >= 0.6 is 0 Å². The zero-order valence-corrected chi connectivity index (χ0v) is 11.1. The Bertz CT molecular complexity index is 358. The lowest BCUT2D eigenvalue weighted by Gasteiger charge is -2.15. The van der Waals surface area contributed by atoms with Crippen LogP contribution in [0.4, 0.5) is 0 Å². The first kappa shape index (κ1) is 15.7. The van der Waals surface area contributed by atoms with E-state index in [-0.39, 0.29) is 18.1 Å². The lowest BCUT2D eigenvalue weighted by atomic mass is 10.1. The highest BCUT2D eigenvalue weighted by atomic mass is 16.5. The summed E-state index contributed by atoms with van der Waals surface area (Å²) in [5.41, 5.74) is 0.471. The molecule has 2 rings (SSSR count). The predicted molar refractivity (Wildman–Crippen MR) is 69.0 cm³/mol. The van der Waals surface area contributed by atoms with Gasteiger partial charge < -0.3 is 30.7 Å². The highest BCUT2D eigenvalue weighted by molar-refractivity contribution is 5.41. The number of ether oxygens (including phenoxy) is 1. The summed E-state index contributed by atoms with van der Waals surface area (Å²) in [6, 6.07) is 4.18. The van der Waals surface area contributed by atoms with E-state index in [1.54, 1.807) is 0 Å². The second kappa shape index (κ2) is 8.71. The molecule has 0 aliphatic carbocycles. The number of rotatable bonds is 3. The average Bonchev–Trinajstić information content (AvgIpc) is 2.49. The van der Waals surface area contributed by atoms with E-state index in [1.165, 1.54) is 51.5 Å². The maximum atomic E-state index is 11.0. The Balaban J connectivity index is 0.000000250. The van der Waals surface area contributed by atoms with E-state index in [4.69, 9.17) is 9.84 Å². The summed E-state index contributed by atoms with van der Waals surface area (Å²) in [5.74, 6) is -0.0682. The van der Waals surface area contributed by atoms with Gasteiger partial charge in [-0.3, -0.25) is 0 Å². The summed E-state index contributed by atoms with van der Waals surface area (Å²) in [7, 11) is 1.38. The van der Waals surface area contributed by atoms with Crippen molar-refractivity contribution in [3.63, 3.8) is 0 Å². The predicted octanol–water partition coefficient (Wildman–Crippen LogP) is -2.05.